The van der Waals surface area contributed by atoms with E-state index in [-0.39, 0.29) is 18.6 Å². The van der Waals surface area contributed by atoms with Crippen molar-refractivity contribution in [2.45, 2.75) is 50.6 Å². The second-order valence-corrected chi connectivity index (χ2v) is 5.18. The van der Waals surface area contributed by atoms with Crippen LogP contribution in [0.2, 0.25) is 0 Å². The Morgan fingerprint density at radius 2 is 2.26 bits per heavy atom. The molecule has 19 heavy (non-hydrogen) atoms. The second-order valence-electron chi connectivity index (χ2n) is 5.18. The van der Waals surface area contributed by atoms with E-state index in [1.54, 1.807) is 11.9 Å². The van der Waals surface area contributed by atoms with Crippen molar-refractivity contribution in [3.63, 3.8) is 0 Å². The van der Waals surface area contributed by atoms with Crippen molar-refractivity contribution in [1.29, 1.82) is 0 Å². The molecular weight excluding hydrogens is 254 g/mol. The Bertz CT molecular complexity index is 298. The highest BCUT2D eigenvalue weighted by molar-refractivity contribution is 5.81. The molecule has 0 spiro atoms. The van der Waals surface area contributed by atoms with Crippen LogP contribution in [0.1, 0.15) is 32.6 Å². The van der Waals surface area contributed by atoms with Crippen LogP contribution in [0.5, 0.6) is 0 Å². The molecule has 6 heteroatoms. The number of nitrogens with zero attached hydrogens (tertiary/aromatic N) is 1. The molecule has 0 heterocycles. The molecule has 0 aliphatic heterocycles. The molecule has 112 valence electrons. The number of halogens is 2. The third kappa shape index (κ3) is 4.11. The van der Waals surface area contributed by atoms with E-state index in [4.69, 9.17) is 4.74 Å². The zero-order valence-electron chi connectivity index (χ0n) is 11.9. The summed E-state index contributed by atoms with van der Waals surface area (Å²) in [7, 11) is 3.06. The molecule has 0 saturated heterocycles. The molecule has 1 saturated carbocycles. The highest BCUT2D eigenvalue weighted by atomic mass is 19.3. The fraction of sp³-hybridized carbons (Fsp3) is 0.923. The molecule has 1 N–H and O–H groups in total. The Hall–Kier alpha value is -0.750. The number of likely N-dealkylation sites (N-methyl/N-ethyl adjacent to an activating group) is 1. The maximum absolute atomic E-state index is 12.5. The van der Waals surface area contributed by atoms with Crippen LogP contribution in [-0.2, 0) is 9.53 Å². The smallest absolute Gasteiger partial charge is 0.326 e. The fourth-order valence-electron chi connectivity index (χ4n) is 2.94. The monoisotopic (exact) mass is 278 g/mol. The Labute approximate surface area is 113 Å². The molecule has 0 radical (unpaired) electrons. The lowest BCUT2D eigenvalue weighted by atomic mass is 9.78. The van der Waals surface area contributed by atoms with Crippen molar-refractivity contribution in [1.82, 2.24) is 10.2 Å². The van der Waals surface area contributed by atoms with Gasteiger partial charge < -0.3 is 10.1 Å². The molecule has 2 unspecified atom stereocenters. The van der Waals surface area contributed by atoms with Crippen molar-refractivity contribution < 1.29 is 18.3 Å². The average Bonchev–Trinajstić information content (AvgIpc) is 2.37. The number of alkyl halides is 2. The lowest BCUT2D eigenvalue weighted by Crippen LogP contribution is -2.58. The van der Waals surface area contributed by atoms with Crippen LogP contribution < -0.4 is 5.32 Å². The number of ether oxygens (including phenoxy) is 1. The Balaban J connectivity index is 2.76. The van der Waals surface area contributed by atoms with Gasteiger partial charge in [-0.05, 0) is 39.3 Å². The van der Waals surface area contributed by atoms with Crippen LogP contribution in [-0.4, -0.2) is 56.1 Å². The highest BCUT2D eigenvalue weighted by Gasteiger charge is 2.44. The summed E-state index contributed by atoms with van der Waals surface area (Å²) in [5.41, 5.74) is -0.719. The quantitative estimate of drug-likeness (QED) is 0.750. The van der Waals surface area contributed by atoms with E-state index in [2.05, 4.69) is 5.32 Å². The van der Waals surface area contributed by atoms with Gasteiger partial charge in [0.25, 0.3) is 6.43 Å². The zero-order valence-corrected chi connectivity index (χ0v) is 11.9. The summed E-state index contributed by atoms with van der Waals surface area (Å²) in [5.74, 6) is -0.288. The first-order chi connectivity index (χ1) is 8.95. The first-order valence-electron chi connectivity index (χ1n) is 6.77. The number of esters is 1. The molecule has 1 aliphatic carbocycles. The van der Waals surface area contributed by atoms with Crippen molar-refractivity contribution in [3.05, 3.63) is 0 Å². The van der Waals surface area contributed by atoms with Gasteiger partial charge in [-0.25, -0.2) is 8.78 Å². The van der Waals surface area contributed by atoms with Crippen LogP contribution in [0.15, 0.2) is 0 Å². The predicted molar refractivity (Wildman–Crippen MR) is 69.3 cm³/mol. The molecular formula is C13H24F2N2O2. The standard InChI is InChI=1S/C13H24F2N2O2/c1-4-16-13(12(18)19-3)7-5-6-10(8-13)17(2)9-11(14)15/h10-11,16H,4-9H2,1-3H3. The molecule has 1 rings (SSSR count). The number of methoxy groups -OCH3 is 1. The van der Waals surface area contributed by atoms with Gasteiger partial charge in [0.05, 0.1) is 13.7 Å². The Morgan fingerprint density at radius 3 is 2.79 bits per heavy atom. The van der Waals surface area contributed by atoms with Gasteiger partial charge in [0.2, 0.25) is 0 Å². The molecule has 2 atom stereocenters. The number of nitrogens with one attached hydrogen (secondary N) is 1. The van der Waals surface area contributed by atoms with Crippen molar-refractivity contribution >= 4 is 5.97 Å². The van der Waals surface area contributed by atoms with Gasteiger partial charge in [0, 0.05) is 6.04 Å². The van der Waals surface area contributed by atoms with Crippen LogP contribution in [0.3, 0.4) is 0 Å². The van der Waals surface area contributed by atoms with E-state index >= 15 is 0 Å². The third-order valence-electron chi connectivity index (χ3n) is 3.87. The van der Waals surface area contributed by atoms with Crippen LogP contribution >= 0.6 is 0 Å². The summed E-state index contributed by atoms with van der Waals surface area (Å²) in [4.78, 5) is 13.7. The van der Waals surface area contributed by atoms with Gasteiger partial charge in [-0.3, -0.25) is 9.69 Å². The summed E-state index contributed by atoms with van der Waals surface area (Å²) >= 11 is 0. The van der Waals surface area contributed by atoms with Gasteiger partial charge in [-0.1, -0.05) is 6.92 Å². The van der Waals surface area contributed by atoms with Gasteiger partial charge >= 0.3 is 5.97 Å². The number of carbonyl (C=O) groups excluding carboxylic acids is 1. The van der Waals surface area contributed by atoms with Crippen molar-refractivity contribution in [3.8, 4) is 0 Å². The summed E-state index contributed by atoms with van der Waals surface area (Å²) < 4.78 is 29.8. The third-order valence-corrected chi connectivity index (χ3v) is 3.87. The highest BCUT2D eigenvalue weighted by Crippen LogP contribution is 2.32. The van der Waals surface area contributed by atoms with Crippen molar-refractivity contribution in [2.75, 3.05) is 27.2 Å². The summed E-state index contributed by atoms with van der Waals surface area (Å²) in [6.07, 6.45) is 0.551. The lowest BCUT2D eigenvalue weighted by molar-refractivity contribution is -0.151. The van der Waals surface area contributed by atoms with E-state index in [1.807, 2.05) is 6.92 Å². The maximum atomic E-state index is 12.5. The number of hydrogen-bond donors (Lipinski definition) is 1. The molecule has 1 aliphatic rings. The Kier molecular flexibility index (Phi) is 6.13. The van der Waals surface area contributed by atoms with Crippen LogP contribution in [0.25, 0.3) is 0 Å². The van der Waals surface area contributed by atoms with E-state index in [0.717, 1.165) is 12.8 Å². The van der Waals surface area contributed by atoms with E-state index < -0.39 is 12.0 Å². The number of rotatable bonds is 6. The zero-order chi connectivity index (χ0) is 14.5. The topological polar surface area (TPSA) is 41.6 Å². The van der Waals surface area contributed by atoms with Gasteiger partial charge in [0.15, 0.2) is 0 Å². The first kappa shape index (κ1) is 16.3. The van der Waals surface area contributed by atoms with Gasteiger partial charge in [0.1, 0.15) is 5.54 Å². The van der Waals surface area contributed by atoms with Crippen LogP contribution in [0, 0.1) is 0 Å². The molecule has 0 aromatic carbocycles. The summed E-state index contributed by atoms with van der Waals surface area (Å²) in [6.45, 7) is 2.32. The number of hydrogen-bond acceptors (Lipinski definition) is 4. The Morgan fingerprint density at radius 1 is 1.58 bits per heavy atom. The minimum atomic E-state index is -2.35. The van der Waals surface area contributed by atoms with Crippen molar-refractivity contribution in [2.24, 2.45) is 0 Å². The normalized spacial score (nSPS) is 27.8. The summed E-state index contributed by atoms with van der Waals surface area (Å²) in [5, 5.41) is 3.20. The molecule has 4 nitrogen and oxygen atoms in total. The maximum Gasteiger partial charge on any atom is 0.326 e. The van der Waals surface area contributed by atoms with Gasteiger partial charge in [-0.2, -0.15) is 0 Å². The van der Waals surface area contributed by atoms with E-state index in [9.17, 15) is 13.6 Å². The molecule has 0 aromatic heterocycles. The second kappa shape index (κ2) is 7.14. The minimum absolute atomic E-state index is 0.0131. The number of carbonyl (C=O) groups is 1. The predicted octanol–water partition coefficient (Wildman–Crippen LogP) is 1.65. The SMILES string of the molecule is CCNC1(C(=O)OC)CCCC(N(C)CC(F)F)C1. The van der Waals surface area contributed by atoms with Gasteiger partial charge in [-0.15, -0.1) is 0 Å². The lowest BCUT2D eigenvalue weighted by Gasteiger charge is -2.42. The molecule has 0 bridgehead atoms. The van der Waals surface area contributed by atoms with Crippen LogP contribution in [0.4, 0.5) is 8.78 Å². The minimum Gasteiger partial charge on any atom is -0.468 e. The largest absolute Gasteiger partial charge is 0.468 e. The average molecular weight is 278 g/mol. The van der Waals surface area contributed by atoms with E-state index in [0.29, 0.717) is 19.4 Å². The first-order valence-corrected chi connectivity index (χ1v) is 6.77. The molecule has 0 amide bonds. The molecule has 1 fully saturated rings. The fourth-order valence-corrected chi connectivity index (χ4v) is 2.94. The van der Waals surface area contributed by atoms with E-state index in [1.165, 1.54) is 7.11 Å². The summed E-state index contributed by atoms with van der Waals surface area (Å²) in [6, 6.07) is -0.0131. The molecule has 0 aromatic rings.